The first kappa shape index (κ1) is 18.7. The summed E-state index contributed by atoms with van der Waals surface area (Å²) in [6, 6.07) is 16.3. The van der Waals surface area contributed by atoms with E-state index < -0.39 is 0 Å². The molecule has 0 amide bonds. The molecule has 4 nitrogen and oxygen atoms in total. The van der Waals surface area contributed by atoms with Crippen molar-refractivity contribution in [3.8, 4) is 11.5 Å². The second-order valence-corrected chi connectivity index (χ2v) is 7.49. The molecule has 0 bridgehead atoms. The molecular weight excluding hydrogens is 324 g/mol. The van der Waals surface area contributed by atoms with Crippen molar-refractivity contribution in [1.29, 1.82) is 0 Å². The molecule has 4 heteroatoms. The fourth-order valence-electron chi connectivity index (χ4n) is 4.03. The monoisotopic (exact) mass is 356 g/mol. The number of rotatable bonds is 7. The summed E-state index contributed by atoms with van der Waals surface area (Å²) < 4.78 is 10.9. The summed E-state index contributed by atoms with van der Waals surface area (Å²) in [5.74, 6) is 1.60. The van der Waals surface area contributed by atoms with Crippen molar-refractivity contribution in [2.24, 2.45) is 0 Å². The van der Waals surface area contributed by atoms with Crippen molar-refractivity contribution < 1.29 is 19.7 Å². The lowest BCUT2D eigenvalue weighted by Crippen LogP contribution is -3.10. The lowest BCUT2D eigenvalue weighted by Gasteiger charge is -2.26. The number of nitrogens with one attached hydrogen (secondary N) is 1. The van der Waals surface area contributed by atoms with E-state index in [0.29, 0.717) is 12.1 Å². The van der Waals surface area contributed by atoms with E-state index in [0.717, 1.165) is 18.0 Å². The molecule has 0 spiro atoms. The lowest BCUT2D eigenvalue weighted by atomic mass is 9.88. The fourth-order valence-corrected chi connectivity index (χ4v) is 4.03. The third-order valence-electron chi connectivity index (χ3n) is 5.60. The van der Waals surface area contributed by atoms with Crippen LogP contribution in [0.3, 0.4) is 0 Å². The van der Waals surface area contributed by atoms with Gasteiger partial charge in [-0.25, -0.2) is 0 Å². The Hall–Kier alpha value is -2.04. The summed E-state index contributed by atoms with van der Waals surface area (Å²) in [6.07, 6.45) is 3.64. The molecule has 0 unspecified atom stereocenters. The van der Waals surface area contributed by atoms with E-state index in [1.54, 1.807) is 14.2 Å². The zero-order chi connectivity index (χ0) is 18.5. The van der Waals surface area contributed by atoms with Crippen molar-refractivity contribution in [3.63, 3.8) is 0 Å². The van der Waals surface area contributed by atoms with Gasteiger partial charge >= 0.3 is 0 Å². The van der Waals surface area contributed by atoms with Crippen LogP contribution in [0.1, 0.15) is 29.2 Å². The summed E-state index contributed by atoms with van der Waals surface area (Å²) in [5.41, 5.74) is 4.36. The molecule has 0 fully saturated rings. The number of likely N-dealkylation sites (N-methyl/N-ethyl adjacent to an activating group) is 1. The average Bonchev–Trinajstić information content (AvgIpc) is 2.67. The number of quaternary nitrogens is 2. The van der Waals surface area contributed by atoms with E-state index in [9.17, 15) is 0 Å². The van der Waals surface area contributed by atoms with E-state index in [2.05, 4.69) is 55.8 Å². The van der Waals surface area contributed by atoms with Gasteiger partial charge in [0.15, 0.2) is 17.5 Å². The van der Waals surface area contributed by atoms with Gasteiger partial charge in [0, 0.05) is 18.4 Å². The van der Waals surface area contributed by atoms with Gasteiger partial charge in [0.05, 0.1) is 34.4 Å². The van der Waals surface area contributed by atoms with Crippen molar-refractivity contribution in [2.45, 2.75) is 31.3 Å². The van der Waals surface area contributed by atoms with Gasteiger partial charge in [-0.2, -0.15) is 0 Å². The fraction of sp³-hybridized carbons (Fsp3) is 0.455. The predicted octanol–water partition coefficient (Wildman–Crippen LogP) is 1.01. The van der Waals surface area contributed by atoms with Crippen LogP contribution >= 0.6 is 0 Å². The van der Waals surface area contributed by atoms with Crippen LogP contribution < -0.4 is 19.7 Å². The Morgan fingerprint density at radius 3 is 2.46 bits per heavy atom. The third-order valence-corrected chi connectivity index (χ3v) is 5.60. The molecule has 140 valence electrons. The topological polar surface area (TPSA) is 39.5 Å². The number of hydrogen-bond donors (Lipinski definition) is 2. The number of fused-ring (bicyclic) bond motifs is 1. The molecule has 26 heavy (non-hydrogen) atoms. The summed E-state index contributed by atoms with van der Waals surface area (Å²) in [6.45, 7) is 1.07. The zero-order valence-electron chi connectivity index (χ0n) is 16.4. The Kier molecular flexibility index (Phi) is 6.17. The van der Waals surface area contributed by atoms with Gasteiger partial charge in [-0.15, -0.1) is 0 Å². The van der Waals surface area contributed by atoms with Gasteiger partial charge in [0.25, 0.3) is 0 Å². The largest absolute Gasteiger partial charge is 0.493 e. The molecule has 1 aliphatic rings. The number of aryl methyl sites for hydroxylation is 1. The van der Waals surface area contributed by atoms with Crippen molar-refractivity contribution in [1.82, 2.24) is 0 Å². The minimum absolute atomic E-state index is 0.423. The van der Waals surface area contributed by atoms with Gasteiger partial charge in [0.1, 0.15) is 6.54 Å². The molecule has 0 heterocycles. The number of hydrogen-bond acceptors (Lipinski definition) is 2. The SMILES string of the molecule is COc1ccc([C@@H](C[NH2+][C@H]2CCc3ccccc3C2)[NH+](C)C)cc1OC. The van der Waals surface area contributed by atoms with E-state index >= 15 is 0 Å². The first-order valence-corrected chi connectivity index (χ1v) is 9.54. The molecule has 0 aromatic heterocycles. The highest BCUT2D eigenvalue weighted by atomic mass is 16.5. The van der Waals surface area contributed by atoms with Gasteiger partial charge in [0.2, 0.25) is 0 Å². The van der Waals surface area contributed by atoms with Crippen LogP contribution in [0.25, 0.3) is 0 Å². The highest BCUT2D eigenvalue weighted by molar-refractivity contribution is 5.43. The summed E-state index contributed by atoms with van der Waals surface area (Å²) in [4.78, 5) is 1.43. The van der Waals surface area contributed by atoms with E-state index in [1.807, 2.05) is 6.07 Å². The maximum atomic E-state index is 5.50. The van der Waals surface area contributed by atoms with Crippen LogP contribution in [-0.4, -0.2) is 40.9 Å². The molecule has 2 aromatic carbocycles. The molecule has 0 saturated heterocycles. The lowest BCUT2D eigenvalue weighted by molar-refractivity contribution is -0.911. The average molecular weight is 357 g/mol. The Morgan fingerprint density at radius 2 is 1.77 bits per heavy atom. The third kappa shape index (κ3) is 4.19. The van der Waals surface area contributed by atoms with Crippen molar-refractivity contribution in [3.05, 3.63) is 59.2 Å². The Balaban J connectivity index is 1.68. The molecule has 0 aliphatic heterocycles. The highest BCUT2D eigenvalue weighted by Crippen LogP contribution is 2.29. The Labute approximate surface area is 157 Å². The number of nitrogens with two attached hydrogens (primary N) is 1. The first-order chi connectivity index (χ1) is 12.6. The quantitative estimate of drug-likeness (QED) is 0.777. The van der Waals surface area contributed by atoms with Crippen LogP contribution in [0.4, 0.5) is 0 Å². The van der Waals surface area contributed by atoms with Gasteiger partial charge < -0.3 is 19.7 Å². The Morgan fingerprint density at radius 1 is 1.04 bits per heavy atom. The first-order valence-electron chi connectivity index (χ1n) is 9.54. The second kappa shape index (κ2) is 8.56. The molecule has 3 rings (SSSR count). The summed E-state index contributed by atoms with van der Waals surface area (Å²) in [5, 5.41) is 2.55. The predicted molar refractivity (Wildman–Crippen MR) is 104 cm³/mol. The van der Waals surface area contributed by atoms with Crippen LogP contribution in [0, 0.1) is 0 Å². The maximum absolute atomic E-state index is 5.50. The standard InChI is InChI=1S/C22H30N2O2/c1-24(2)20(18-10-12-21(25-3)22(14-18)26-4)15-23-19-11-9-16-7-5-6-8-17(16)13-19/h5-8,10,12,14,19-20,23H,9,11,13,15H2,1-4H3/p+2/t19-,20+/m0/s1. The smallest absolute Gasteiger partial charge is 0.162 e. The van der Waals surface area contributed by atoms with Crippen molar-refractivity contribution >= 4 is 0 Å². The molecule has 3 N–H and O–H groups in total. The normalized spacial score (nSPS) is 17.7. The number of ether oxygens (including phenoxy) is 2. The highest BCUT2D eigenvalue weighted by Gasteiger charge is 2.26. The minimum Gasteiger partial charge on any atom is -0.493 e. The molecule has 0 radical (unpaired) electrons. The van der Waals surface area contributed by atoms with E-state index in [-0.39, 0.29) is 0 Å². The molecule has 2 atom stereocenters. The van der Waals surface area contributed by atoms with E-state index in [4.69, 9.17) is 9.47 Å². The molecule has 1 aliphatic carbocycles. The zero-order valence-corrected chi connectivity index (χ0v) is 16.4. The molecule has 0 saturated carbocycles. The Bertz CT molecular complexity index is 730. The van der Waals surface area contributed by atoms with Crippen LogP contribution in [0.5, 0.6) is 11.5 Å². The number of methoxy groups -OCH3 is 2. The van der Waals surface area contributed by atoms with Gasteiger partial charge in [-0.3, -0.25) is 0 Å². The van der Waals surface area contributed by atoms with Gasteiger partial charge in [-0.1, -0.05) is 24.3 Å². The van der Waals surface area contributed by atoms with Crippen molar-refractivity contribution in [2.75, 3.05) is 34.9 Å². The van der Waals surface area contributed by atoms with Crippen LogP contribution in [0.15, 0.2) is 42.5 Å². The van der Waals surface area contributed by atoms with Crippen LogP contribution in [-0.2, 0) is 12.8 Å². The summed E-state index contributed by atoms with van der Waals surface area (Å²) in [7, 11) is 7.84. The number of benzene rings is 2. The maximum Gasteiger partial charge on any atom is 0.162 e. The van der Waals surface area contributed by atoms with E-state index in [1.165, 1.54) is 40.9 Å². The van der Waals surface area contributed by atoms with Crippen LogP contribution in [0.2, 0.25) is 0 Å². The van der Waals surface area contributed by atoms with Gasteiger partial charge in [-0.05, 0) is 35.7 Å². The molecule has 2 aromatic rings. The second-order valence-electron chi connectivity index (χ2n) is 7.49. The summed E-state index contributed by atoms with van der Waals surface area (Å²) >= 11 is 0. The molecular formula is C22H32N2O2+2. The minimum atomic E-state index is 0.423.